The van der Waals surface area contributed by atoms with E-state index in [4.69, 9.17) is 0 Å². The Kier molecular flexibility index (Phi) is 4.51. The van der Waals surface area contributed by atoms with Gasteiger partial charge in [-0.3, -0.25) is 10.1 Å². The average Bonchev–Trinajstić information content (AvgIpc) is 2.76. The van der Waals surface area contributed by atoms with Crippen LogP contribution in [0.1, 0.15) is 65.7 Å². The molecule has 2 aliphatic heterocycles. The summed E-state index contributed by atoms with van der Waals surface area (Å²) in [6, 6.07) is 0.323. The fraction of sp³-hybridized carbons (Fsp3) is 0.800. The number of aromatic nitrogens is 2. The predicted octanol–water partition coefficient (Wildman–Crippen LogP) is 4.17. The molecule has 1 saturated carbocycles. The lowest BCUT2D eigenvalue weighted by Crippen LogP contribution is -2.35. The molecule has 1 aromatic heterocycles. The maximum Gasteiger partial charge on any atom is 0.353 e. The molecule has 2 bridgehead atoms. The molecule has 148 valence electrons. The van der Waals surface area contributed by atoms with Crippen LogP contribution in [-0.4, -0.2) is 40.6 Å². The van der Waals surface area contributed by atoms with E-state index in [-0.39, 0.29) is 21.4 Å². The van der Waals surface area contributed by atoms with Gasteiger partial charge in [0.25, 0.3) is 0 Å². The molecular weight excluding hydrogens is 342 g/mol. The first kappa shape index (κ1) is 18.4. The van der Waals surface area contributed by atoms with Gasteiger partial charge in [-0.15, -0.1) is 0 Å². The fourth-order valence-corrected chi connectivity index (χ4v) is 5.96. The maximum absolute atomic E-state index is 12.1. The minimum absolute atomic E-state index is 0.105. The Morgan fingerprint density at radius 1 is 1.07 bits per heavy atom. The molecule has 27 heavy (non-hydrogen) atoms. The van der Waals surface area contributed by atoms with Crippen molar-refractivity contribution in [3.8, 4) is 0 Å². The minimum atomic E-state index is -0.259. The molecule has 0 amide bonds. The first-order chi connectivity index (χ1) is 12.8. The summed E-state index contributed by atoms with van der Waals surface area (Å²) in [5.74, 6) is 1.04. The molecule has 7 nitrogen and oxygen atoms in total. The molecule has 0 aromatic carbocycles. The quantitative estimate of drug-likeness (QED) is 0.585. The van der Waals surface area contributed by atoms with Gasteiger partial charge in [0.2, 0.25) is 11.6 Å². The predicted molar refractivity (Wildman–Crippen MR) is 106 cm³/mol. The van der Waals surface area contributed by atoms with Gasteiger partial charge in [-0.1, -0.05) is 33.6 Å². The summed E-state index contributed by atoms with van der Waals surface area (Å²) in [6.07, 6.45) is 9.33. The van der Waals surface area contributed by atoms with Crippen LogP contribution < -0.4 is 9.80 Å². The molecule has 0 N–H and O–H groups in total. The lowest BCUT2D eigenvalue weighted by Gasteiger charge is -2.39. The highest BCUT2D eigenvalue weighted by Gasteiger charge is 2.51. The Bertz CT molecular complexity index is 729. The van der Waals surface area contributed by atoms with Crippen molar-refractivity contribution in [2.45, 2.75) is 71.8 Å². The van der Waals surface area contributed by atoms with Crippen LogP contribution >= 0.6 is 0 Å². The van der Waals surface area contributed by atoms with Gasteiger partial charge in [0.05, 0.1) is 4.92 Å². The zero-order valence-electron chi connectivity index (χ0n) is 16.8. The summed E-state index contributed by atoms with van der Waals surface area (Å²) in [4.78, 5) is 25.0. The van der Waals surface area contributed by atoms with Crippen LogP contribution in [0.15, 0.2) is 6.33 Å². The Morgan fingerprint density at radius 2 is 1.74 bits per heavy atom. The zero-order chi connectivity index (χ0) is 19.2. The second kappa shape index (κ2) is 6.60. The number of hydrogen-bond donors (Lipinski definition) is 0. The normalized spacial score (nSPS) is 30.3. The van der Waals surface area contributed by atoms with E-state index >= 15 is 0 Å². The minimum Gasteiger partial charge on any atom is -0.351 e. The molecule has 1 aromatic rings. The largest absolute Gasteiger partial charge is 0.353 e. The van der Waals surface area contributed by atoms with E-state index in [1.54, 1.807) is 0 Å². The van der Waals surface area contributed by atoms with Crippen LogP contribution in [-0.2, 0) is 0 Å². The van der Waals surface area contributed by atoms with Gasteiger partial charge in [0.15, 0.2) is 0 Å². The highest BCUT2D eigenvalue weighted by atomic mass is 16.6. The molecule has 2 unspecified atom stereocenters. The molecule has 3 aliphatic rings. The topological polar surface area (TPSA) is 75.4 Å². The highest BCUT2D eigenvalue weighted by molar-refractivity contribution is 5.72. The third kappa shape index (κ3) is 3.48. The Labute approximate surface area is 161 Å². The summed E-state index contributed by atoms with van der Waals surface area (Å²) < 4.78 is 0. The van der Waals surface area contributed by atoms with Gasteiger partial charge >= 0.3 is 5.69 Å². The van der Waals surface area contributed by atoms with E-state index < -0.39 is 0 Å². The standard InChI is InChI=1S/C20H31N5O2/c1-19(2)10-15-11-20(3,12-19)13-24(15)18-16(25(26)27)17(21-14-22-18)23-8-6-4-5-7-9-23/h14-15H,4-13H2,1-3H3. The van der Waals surface area contributed by atoms with E-state index in [2.05, 4.69) is 40.5 Å². The second-order valence-electron chi connectivity index (χ2n) is 9.87. The zero-order valence-corrected chi connectivity index (χ0v) is 16.8. The van der Waals surface area contributed by atoms with Crippen LogP contribution in [0.2, 0.25) is 0 Å². The van der Waals surface area contributed by atoms with E-state index in [9.17, 15) is 10.1 Å². The Morgan fingerprint density at radius 3 is 2.41 bits per heavy atom. The molecule has 2 saturated heterocycles. The fourth-order valence-electron chi connectivity index (χ4n) is 5.96. The average molecular weight is 374 g/mol. The number of hydrogen-bond acceptors (Lipinski definition) is 6. The number of nitrogens with zero attached hydrogens (tertiary/aromatic N) is 5. The van der Waals surface area contributed by atoms with E-state index in [0.717, 1.165) is 51.7 Å². The summed E-state index contributed by atoms with van der Waals surface area (Å²) in [5, 5.41) is 12.1. The summed E-state index contributed by atoms with van der Waals surface area (Å²) >= 11 is 0. The maximum atomic E-state index is 12.1. The van der Waals surface area contributed by atoms with Gasteiger partial charge in [-0.2, -0.15) is 0 Å². The Hall–Kier alpha value is -1.92. The summed E-state index contributed by atoms with van der Waals surface area (Å²) in [5.41, 5.74) is 0.573. The lowest BCUT2D eigenvalue weighted by molar-refractivity contribution is -0.383. The number of rotatable bonds is 3. The molecule has 2 atom stereocenters. The first-order valence-electron chi connectivity index (χ1n) is 10.3. The van der Waals surface area contributed by atoms with Gasteiger partial charge in [-0.25, -0.2) is 9.97 Å². The highest BCUT2D eigenvalue weighted by Crippen LogP contribution is 2.54. The summed E-state index contributed by atoms with van der Waals surface area (Å²) in [7, 11) is 0. The van der Waals surface area contributed by atoms with Crippen molar-refractivity contribution in [1.82, 2.24) is 9.97 Å². The molecule has 0 radical (unpaired) electrons. The van der Waals surface area contributed by atoms with Gasteiger partial charge in [0.1, 0.15) is 6.33 Å². The van der Waals surface area contributed by atoms with Crippen molar-refractivity contribution >= 4 is 17.3 Å². The first-order valence-corrected chi connectivity index (χ1v) is 10.3. The molecule has 3 heterocycles. The molecule has 4 rings (SSSR count). The molecular formula is C20H31N5O2. The SMILES string of the molecule is CC1(C)CC2CC(C)(CN2c2ncnc(N3CCCCCC3)c2[N+](=O)[O-])C1. The van der Waals surface area contributed by atoms with Gasteiger partial charge in [-0.05, 0) is 42.9 Å². The number of fused-ring (bicyclic) bond motifs is 2. The van der Waals surface area contributed by atoms with Crippen LogP contribution in [0.3, 0.4) is 0 Å². The summed E-state index contributed by atoms with van der Waals surface area (Å²) in [6.45, 7) is 9.48. The molecule has 0 spiro atoms. The van der Waals surface area contributed by atoms with Crippen molar-refractivity contribution in [2.75, 3.05) is 29.4 Å². The van der Waals surface area contributed by atoms with Crippen molar-refractivity contribution in [2.24, 2.45) is 10.8 Å². The van der Waals surface area contributed by atoms with Crippen molar-refractivity contribution < 1.29 is 4.92 Å². The third-order valence-corrected chi connectivity index (χ3v) is 6.56. The second-order valence-corrected chi connectivity index (χ2v) is 9.87. The smallest absolute Gasteiger partial charge is 0.351 e. The third-order valence-electron chi connectivity index (χ3n) is 6.56. The van der Waals surface area contributed by atoms with Crippen molar-refractivity contribution in [1.29, 1.82) is 0 Å². The van der Waals surface area contributed by atoms with Crippen molar-refractivity contribution in [3.63, 3.8) is 0 Å². The van der Waals surface area contributed by atoms with Crippen LogP contribution in [0.25, 0.3) is 0 Å². The van der Waals surface area contributed by atoms with Gasteiger partial charge in [0, 0.05) is 25.7 Å². The van der Waals surface area contributed by atoms with E-state index in [1.165, 1.54) is 19.2 Å². The Balaban J connectivity index is 1.73. The van der Waals surface area contributed by atoms with E-state index in [1.807, 2.05) is 0 Å². The number of anilines is 2. The number of nitro groups is 1. The molecule has 1 aliphatic carbocycles. The van der Waals surface area contributed by atoms with Crippen LogP contribution in [0, 0.1) is 20.9 Å². The van der Waals surface area contributed by atoms with Crippen LogP contribution in [0.5, 0.6) is 0 Å². The molecule has 3 fully saturated rings. The monoisotopic (exact) mass is 373 g/mol. The van der Waals surface area contributed by atoms with Crippen molar-refractivity contribution in [3.05, 3.63) is 16.4 Å². The van der Waals surface area contributed by atoms with Gasteiger partial charge < -0.3 is 9.80 Å². The lowest BCUT2D eigenvalue weighted by atomic mass is 9.65. The van der Waals surface area contributed by atoms with E-state index in [0.29, 0.717) is 17.7 Å². The van der Waals surface area contributed by atoms with Crippen LogP contribution in [0.4, 0.5) is 17.3 Å². The molecule has 7 heteroatoms.